The van der Waals surface area contributed by atoms with Crippen molar-refractivity contribution in [2.45, 2.75) is 0 Å². The third-order valence-electron chi connectivity index (χ3n) is 11.3. The van der Waals surface area contributed by atoms with Crippen molar-refractivity contribution < 1.29 is 4.74 Å². The van der Waals surface area contributed by atoms with Crippen LogP contribution in [0.2, 0.25) is 0 Å². The van der Waals surface area contributed by atoms with Crippen LogP contribution in [0.15, 0.2) is 195 Å². The number of methoxy groups -OCH3 is 1. The van der Waals surface area contributed by atoms with E-state index in [0.29, 0.717) is 0 Å². The molecule has 0 unspecified atom stereocenters. The van der Waals surface area contributed by atoms with Gasteiger partial charge in [-0.15, -0.1) is 0 Å². The lowest BCUT2D eigenvalue weighted by molar-refractivity contribution is 0.415. The number of hydrogen-bond acceptors (Lipinski definition) is 2. The molecule has 0 amide bonds. The predicted molar refractivity (Wildman–Crippen MR) is 233 cm³/mol. The monoisotopic (exact) mass is 717 g/mol. The molecule has 11 aromatic rings. The normalized spacial score (nSPS) is 11.7. The molecule has 3 aromatic heterocycles. The molecule has 0 aliphatic carbocycles. The van der Waals surface area contributed by atoms with Gasteiger partial charge in [0.15, 0.2) is 0 Å². The summed E-state index contributed by atoms with van der Waals surface area (Å²) in [5.41, 5.74) is 12.7. The highest BCUT2D eigenvalue weighted by molar-refractivity contribution is 6.27. The smallest absolute Gasteiger partial charge is 0.118 e. The van der Waals surface area contributed by atoms with Crippen molar-refractivity contribution in [1.82, 2.24) is 14.1 Å². The van der Waals surface area contributed by atoms with Crippen LogP contribution >= 0.6 is 0 Å². The van der Waals surface area contributed by atoms with Gasteiger partial charge in [0.2, 0.25) is 0 Å². The Labute approximate surface area is 324 Å². The molecule has 0 saturated heterocycles. The van der Waals surface area contributed by atoms with E-state index in [4.69, 9.17) is 4.74 Å². The largest absolute Gasteiger partial charge is 0.497 e. The van der Waals surface area contributed by atoms with E-state index in [0.717, 1.165) is 44.9 Å². The Morgan fingerprint density at radius 3 is 1.77 bits per heavy atom. The fourth-order valence-corrected chi connectivity index (χ4v) is 8.72. The SMILES string of the molecule is COc1ccc(-c2c(-c3ccc(-c4cccnc4)cc3)c3cc4c(ccn4-c4ccccc4)cc3c3cc4c(cc23)c2ccccc2n4-c2ccccc2)cc1. The first kappa shape index (κ1) is 32.0. The molecule has 0 aliphatic rings. The third-order valence-corrected chi connectivity index (χ3v) is 11.3. The summed E-state index contributed by atoms with van der Waals surface area (Å²) in [4.78, 5) is 4.39. The van der Waals surface area contributed by atoms with Gasteiger partial charge in [-0.05, 0) is 134 Å². The average Bonchev–Trinajstić information content (AvgIpc) is 3.84. The zero-order chi connectivity index (χ0) is 37.2. The first-order valence-electron chi connectivity index (χ1n) is 19.0. The van der Waals surface area contributed by atoms with Crippen LogP contribution in [-0.2, 0) is 0 Å². The number of hydrogen-bond donors (Lipinski definition) is 0. The van der Waals surface area contributed by atoms with Gasteiger partial charge < -0.3 is 13.9 Å². The molecule has 8 aromatic carbocycles. The van der Waals surface area contributed by atoms with Gasteiger partial charge in [0.05, 0.1) is 23.7 Å². The molecular weight excluding hydrogens is 683 g/mol. The minimum absolute atomic E-state index is 0.830. The lowest BCUT2D eigenvalue weighted by Crippen LogP contribution is -1.96. The summed E-state index contributed by atoms with van der Waals surface area (Å²) < 4.78 is 10.4. The molecule has 4 nitrogen and oxygen atoms in total. The minimum Gasteiger partial charge on any atom is -0.497 e. The summed E-state index contributed by atoms with van der Waals surface area (Å²) in [6.07, 6.45) is 5.94. The second-order valence-corrected chi connectivity index (χ2v) is 14.4. The highest BCUT2D eigenvalue weighted by Crippen LogP contribution is 2.48. The van der Waals surface area contributed by atoms with Gasteiger partial charge in [-0.25, -0.2) is 0 Å². The van der Waals surface area contributed by atoms with Crippen LogP contribution in [0.25, 0.3) is 99.0 Å². The average molecular weight is 718 g/mol. The van der Waals surface area contributed by atoms with E-state index >= 15 is 0 Å². The fourth-order valence-electron chi connectivity index (χ4n) is 8.72. The van der Waals surface area contributed by atoms with E-state index in [1.807, 2.05) is 18.5 Å². The number of ether oxygens (including phenoxy) is 1. The molecule has 264 valence electrons. The molecule has 0 radical (unpaired) electrons. The summed E-state index contributed by atoms with van der Waals surface area (Å²) in [5.74, 6) is 0.830. The number of fused-ring (bicyclic) bond motifs is 7. The van der Waals surface area contributed by atoms with Crippen LogP contribution in [-0.4, -0.2) is 21.2 Å². The molecular formula is C52H35N3O. The topological polar surface area (TPSA) is 32.0 Å². The maximum atomic E-state index is 5.67. The van der Waals surface area contributed by atoms with Crippen molar-refractivity contribution in [3.05, 3.63) is 195 Å². The van der Waals surface area contributed by atoms with Gasteiger partial charge in [0, 0.05) is 46.1 Å². The standard InChI is InChI=1S/C52H35N3O/c1-56-41-24-22-36(23-25-41)51-46-30-45-42-16-8-9-17-48(42)55(40-14-6-3-7-15-40)50(45)31-44(46)43-29-37-26-28-54(39-12-4-2-5-13-39)49(37)32-47(43)52(51)35-20-18-34(19-21-35)38-11-10-27-53-33-38/h2-33H,1H3. The van der Waals surface area contributed by atoms with Crippen molar-refractivity contribution in [3.8, 4) is 50.5 Å². The van der Waals surface area contributed by atoms with Crippen molar-refractivity contribution in [2.75, 3.05) is 7.11 Å². The number of benzene rings is 8. The van der Waals surface area contributed by atoms with E-state index in [9.17, 15) is 0 Å². The van der Waals surface area contributed by atoms with Crippen LogP contribution in [0.5, 0.6) is 5.75 Å². The van der Waals surface area contributed by atoms with E-state index in [1.54, 1.807) is 7.11 Å². The Morgan fingerprint density at radius 1 is 0.429 bits per heavy atom. The molecule has 0 saturated carbocycles. The van der Waals surface area contributed by atoms with E-state index < -0.39 is 0 Å². The molecule has 11 rings (SSSR count). The van der Waals surface area contributed by atoms with Gasteiger partial charge in [-0.3, -0.25) is 4.98 Å². The van der Waals surface area contributed by atoms with Gasteiger partial charge in [-0.2, -0.15) is 0 Å². The minimum atomic E-state index is 0.830. The van der Waals surface area contributed by atoms with Crippen LogP contribution in [0.3, 0.4) is 0 Å². The Balaban J connectivity index is 1.32. The molecule has 0 aliphatic heterocycles. The van der Waals surface area contributed by atoms with E-state index in [-0.39, 0.29) is 0 Å². The zero-order valence-electron chi connectivity index (χ0n) is 30.7. The third kappa shape index (κ3) is 5.04. The van der Waals surface area contributed by atoms with Crippen molar-refractivity contribution in [3.63, 3.8) is 0 Å². The molecule has 0 spiro atoms. The first-order chi connectivity index (χ1) is 27.7. The van der Waals surface area contributed by atoms with Gasteiger partial charge in [-0.1, -0.05) is 97.1 Å². The van der Waals surface area contributed by atoms with Crippen molar-refractivity contribution in [2.24, 2.45) is 0 Å². The van der Waals surface area contributed by atoms with Gasteiger partial charge in [0.1, 0.15) is 5.75 Å². The van der Waals surface area contributed by atoms with E-state index in [2.05, 4.69) is 190 Å². The Bertz CT molecular complexity index is 3240. The van der Waals surface area contributed by atoms with Crippen LogP contribution in [0, 0.1) is 0 Å². The van der Waals surface area contributed by atoms with Crippen LogP contribution in [0.4, 0.5) is 0 Å². The van der Waals surface area contributed by atoms with Crippen molar-refractivity contribution in [1.29, 1.82) is 0 Å². The van der Waals surface area contributed by atoms with E-state index in [1.165, 1.54) is 59.9 Å². The number of aromatic nitrogens is 3. The second-order valence-electron chi connectivity index (χ2n) is 14.4. The summed E-state index contributed by atoms with van der Waals surface area (Å²) in [6, 6.07) is 63.7. The molecule has 56 heavy (non-hydrogen) atoms. The Morgan fingerprint density at radius 2 is 1.05 bits per heavy atom. The van der Waals surface area contributed by atoms with Crippen LogP contribution < -0.4 is 4.74 Å². The zero-order valence-corrected chi connectivity index (χ0v) is 30.7. The summed E-state index contributed by atoms with van der Waals surface area (Å²) >= 11 is 0. The lowest BCUT2D eigenvalue weighted by Gasteiger charge is -2.20. The summed E-state index contributed by atoms with van der Waals surface area (Å²) in [6.45, 7) is 0. The summed E-state index contributed by atoms with van der Waals surface area (Å²) in [5, 5.41) is 8.48. The molecule has 3 heterocycles. The number of rotatable bonds is 6. The predicted octanol–water partition coefficient (Wildman–Crippen LogP) is 13.4. The van der Waals surface area contributed by atoms with Crippen LogP contribution in [0.1, 0.15) is 0 Å². The lowest BCUT2D eigenvalue weighted by atomic mass is 9.83. The van der Waals surface area contributed by atoms with Gasteiger partial charge >= 0.3 is 0 Å². The Hall–Kier alpha value is -7.43. The number of para-hydroxylation sites is 3. The molecule has 0 bridgehead atoms. The maximum Gasteiger partial charge on any atom is 0.118 e. The second kappa shape index (κ2) is 12.9. The molecule has 0 atom stereocenters. The number of nitrogens with zero attached hydrogens (tertiary/aromatic N) is 3. The molecule has 0 fully saturated rings. The maximum absolute atomic E-state index is 5.67. The number of pyridine rings is 1. The van der Waals surface area contributed by atoms with Gasteiger partial charge in [0.25, 0.3) is 0 Å². The molecule has 4 heteroatoms. The fraction of sp³-hybridized carbons (Fsp3) is 0.0192. The Kier molecular flexibility index (Phi) is 7.36. The first-order valence-corrected chi connectivity index (χ1v) is 19.0. The highest BCUT2D eigenvalue weighted by atomic mass is 16.5. The highest BCUT2D eigenvalue weighted by Gasteiger charge is 2.22. The van der Waals surface area contributed by atoms with Crippen molar-refractivity contribution >= 4 is 54.3 Å². The quantitative estimate of drug-likeness (QED) is 0.160. The summed E-state index contributed by atoms with van der Waals surface area (Å²) in [7, 11) is 1.72. The molecule has 0 N–H and O–H groups in total.